The Kier molecular flexibility index (Phi) is 6.13. The lowest BCUT2D eigenvalue weighted by molar-refractivity contribution is 0.220. The van der Waals surface area contributed by atoms with Gasteiger partial charge in [-0.15, -0.1) is 0 Å². The van der Waals surface area contributed by atoms with Gasteiger partial charge in [0.1, 0.15) is 16.2 Å². The zero-order valence-electron chi connectivity index (χ0n) is 20.5. The minimum absolute atomic E-state index is 0.0148. The number of rotatable bonds is 6. The van der Waals surface area contributed by atoms with Crippen molar-refractivity contribution in [3.8, 4) is 11.3 Å². The summed E-state index contributed by atoms with van der Waals surface area (Å²) in [6.45, 7) is 8.15. The molecule has 10 heteroatoms. The first-order valence-corrected chi connectivity index (χ1v) is 14.1. The highest BCUT2D eigenvalue weighted by Crippen LogP contribution is 2.39. The van der Waals surface area contributed by atoms with E-state index in [0.717, 1.165) is 54.0 Å². The average Bonchev–Trinajstić information content (AvgIpc) is 3.43. The average molecular weight is 499 g/mol. The van der Waals surface area contributed by atoms with Crippen LogP contribution in [0.15, 0.2) is 24.8 Å². The summed E-state index contributed by atoms with van der Waals surface area (Å²) in [4.78, 5) is 14.4. The van der Waals surface area contributed by atoms with Gasteiger partial charge in [0, 0.05) is 35.9 Å². The molecule has 0 atom stereocenters. The molecule has 0 bridgehead atoms. The summed E-state index contributed by atoms with van der Waals surface area (Å²) in [5, 5.41) is 4.89. The number of fused-ring (bicyclic) bond motifs is 2. The molecule has 186 valence electrons. The molecule has 0 spiro atoms. The summed E-state index contributed by atoms with van der Waals surface area (Å²) in [7, 11) is -2.99. The molecule has 0 aliphatic carbocycles. The van der Waals surface area contributed by atoms with Crippen LogP contribution in [-0.2, 0) is 9.84 Å². The summed E-state index contributed by atoms with van der Waals surface area (Å²) in [6, 6.07) is 2.05. The van der Waals surface area contributed by atoms with Crippen molar-refractivity contribution in [1.82, 2.24) is 29.5 Å². The molecule has 35 heavy (non-hydrogen) atoms. The number of sulfone groups is 1. The van der Waals surface area contributed by atoms with Gasteiger partial charge in [-0.05, 0) is 56.0 Å². The first-order chi connectivity index (χ1) is 16.6. The lowest BCUT2D eigenvalue weighted by Gasteiger charge is -2.31. The fraction of sp³-hybridized carbons (Fsp3) is 0.480. The topological polar surface area (TPSA) is 96.2 Å². The van der Waals surface area contributed by atoms with Crippen molar-refractivity contribution in [1.29, 1.82) is 0 Å². The smallest absolute Gasteiger partial charge is 0.158 e. The first kappa shape index (κ1) is 23.9. The number of likely N-dealkylation sites (tertiary alicyclic amines) is 1. The van der Waals surface area contributed by atoms with Crippen molar-refractivity contribution >= 4 is 26.4 Å². The van der Waals surface area contributed by atoms with Gasteiger partial charge in [0.05, 0.1) is 28.9 Å². The van der Waals surface area contributed by atoms with E-state index in [0.29, 0.717) is 23.1 Å². The second-order valence-electron chi connectivity index (χ2n) is 10.0. The van der Waals surface area contributed by atoms with Crippen LogP contribution in [0.3, 0.4) is 0 Å². The Balaban J connectivity index is 1.50. The fourth-order valence-corrected chi connectivity index (χ4v) is 5.82. The fourth-order valence-electron chi connectivity index (χ4n) is 5.23. The molecule has 1 N–H and O–H groups in total. The van der Waals surface area contributed by atoms with E-state index in [1.807, 2.05) is 13.1 Å². The summed E-state index contributed by atoms with van der Waals surface area (Å²) in [5.74, 6) is 0.0101. The zero-order valence-corrected chi connectivity index (χ0v) is 21.4. The van der Waals surface area contributed by atoms with Gasteiger partial charge in [-0.25, -0.2) is 22.3 Å². The van der Waals surface area contributed by atoms with Gasteiger partial charge >= 0.3 is 0 Å². The Morgan fingerprint density at radius 2 is 1.97 bits per heavy atom. The van der Waals surface area contributed by atoms with Crippen molar-refractivity contribution in [2.75, 3.05) is 31.6 Å². The lowest BCUT2D eigenvalue weighted by Crippen LogP contribution is -2.36. The summed E-state index contributed by atoms with van der Waals surface area (Å²) < 4.78 is 40.8. The molecule has 1 saturated heterocycles. The highest BCUT2D eigenvalue weighted by molar-refractivity contribution is 7.90. The van der Waals surface area contributed by atoms with Crippen molar-refractivity contribution in [2.24, 2.45) is 0 Å². The normalized spacial score (nSPS) is 16.2. The van der Waals surface area contributed by atoms with Crippen LogP contribution in [0.4, 0.5) is 4.39 Å². The molecule has 1 aliphatic heterocycles. The van der Waals surface area contributed by atoms with E-state index >= 15 is 4.39 Å². The second kappa shape index (κ2) is 8.98. The number of pyridine rings is 2. The van der Waals surface area contributed by atoms with Gasteiger partial charge in [-0.1, -0.05) is 13.8 Å². The largest absolute Gasteiger partial charge is 0.353 e. The van der Waals surface area contributed by atoms with E-state index in [2.05, 4.69) is 44.9 Å². The van der Waals surface area contributed by atoms with Gasteiger partial charge in [-0.2, -0.15) is 5.10 Å². The predicted molar refractivity (Wildman–Crippen MR) is 135 cm³/mol. The first-order valence-electron chi connectivity index (χ1n) is 12.0. The molecule has 0 aromatic carbocycles. The number of hydrogen-bond donors (Lipinski definition) is 1. The van der Waals surface area contributed by atoms with E-state index in [1.54, 1.807) is 10.7 Å². The summed E-state index contributed by atoms with van der Waals surface area (Å²) >= 11 is 0. The van der Waals surface area contributed by atoms with Gasteiger partial charge in [0.25, 0.3) is 0 Å². The molecular weight excluding hydrogens is 467 g/mol. The molecule has 4 aromatic heterocycles. The highest BCUT2D eigenvalue weighted by atomic mass is 32.2. The van der Waals surface area contributed by atoms with Crippen LogP contribution >= 0.6 is 0 Å². The Bertz CT molecular complexity index is 1500. The number of halogens is 1. The maximum absolute atomic E-state index is 16.1. The molecule has 1 fully saturated rings. The quantitative estimate of drug-likeness (QED) is 0.431. The Morgan fingerprint density at radius 3 is 2.66 bits per heavy atom. The molecule has 0 unspecified atom stereocenters. The molecule has 8 nitrogen and oxygen atoms in total. The molecule has 0 amide bonds. The van der Waals surface area contributed by atoms with Crippen LogP contribution in [0.5, 0.6) is 0 Å². The maximum atomic E-state index is 16.1. The van der Waals surface area contributed by atoms with Crippen LogP contribution in [0.2, 0.25) is 0 Å². The van der Waals surface area contributed by atoms with Gasteiger partial charge < -0.3 is 9.88 Å². The van der Waals surface area contributed by atoms with E-state index in [4.69, 9.17) is 0 Å². The SMILES string of the molecule is Cc1cc(-c2[nH]c3cnc(C4CCN(CCS(C)(=O)=O)CC4)c(F)c3c2C(C)C)cn2ncnc12. The van der Waals surface area contributed by atoms with Crippen LogP contribution in [-0.4, -0.2) is 69.5 Å². The maximum Gasteiger partial charge on any atom is 0.158 e. The van der Waals surface area contributed by atoms with E-state index in [9.17, 15) is 8.42 Å². The molecular formula is C25H31FN6O2S. The number of aryl methyl sites for hydroxylation is 1. The number of hydrogen-bond acceptors (Lipinski definition) is 6. The summed E-state index contributed by atoms with van der Waals surface area (Å²) in [6.07, 6.45) is 7.98. The summed E-state index contributed by atoms with van der Waals surface area (Å²) in [5.41, 5.74) is 5.74. The van der Waals surface area contributed by atoms with Crippen LogP contribution in [0.25, 0.3) is 27.8 Å². The number of nitrogens with zero attached hydrogens (tertiary/aromatic N) is 5. The second-order valence-corrected chi connectivity index (χ2v) is 12.3. The van der Waals surface area contributed by atoms with Crippen LogP contribution in [0.1, 0.15) is 55.3 Å². The number of aromatic nitrogens is 5. The monoisotopic (exact) mass is 498 g/mol. The predicted octanol–water partition coefficient (Wildman–Crippen LogP) is 4.07. The molecule has 5 rings (SSSR count). The minimum Gasteiger partial charge on any atom is -0.353 e. The van der Waals surface area contributed by atoms with Gasteiger partial charge in [-0.3, -0.25) is 4.98 Å². The Hall–Kier alpha value is -2.85. The van der Waals surface area contributed by atoms with Crippen molar-refractivity contribution in [3.05, 3.63) is 47.4 Å². The van der Waals surface area contributed by atoms with E-state index in [1.165, 1.54) is 12.6 Å². The molecule has 0 radical (unpaired) electrons. The molecule has 5 heterocycles. The Morgan fingerprint density at radius 1 is 1.23 bits per heavy atom. The minimum atomic E-state index is -2.99. The number of H-pyrrole nitrogens is 1. The van der Waals surface area contributed by atoms with Crippen molar-refractivity contribution in [3.63, 3.8) is 0 Å². The number of aromatic amines is 1. The standard InChI is InChI=1S/C25H31FN6O2S/c1-15(2)20-21-19(30-23(20)18-11-16(3)25-28-14-29-32(25)13-18)12-27-24(22(21)26)17-5-7-31(8-6-17)9-10-35(4,33)34/h11-15,17,30H,5-10H2,1-4H3. The van der Waals surface area contributed by atoms with E-state index < -0.39 is 9.84 Å². The van der Waals surface area contributed by atoms with Crippen LogP contribution in [0, 0.1) is 12.7 Å². The molecule has 4 aromatic rings. The highest BCUT2D eigenvalue weighted by Gasteiger charge is 2.28. The molecule has 1 aliphatic rings. The third-order valence-electron chi connectivity index (χ3n) is 7.02. The third-order valence-corrected chi connectivity index (χ3v) is 7.95. The number of nitrogens with one attached hydrogen (secondary N) is 1. The van der Waals surface area contributed by atoms with Gasteiger partial charge in [0.2, 0.25) is 0 Å². The van der Waals surface area contributed by atoms with Crippen molar-refractivity contribution in [2.45, 2.75) is 45.4 Å². The molecule has 0 saturated carbocycles. The lowest BCUT2D eigenvalue weighted by atomic mass is 9.90. The number of piperidine rings is 1. The van der Waals surface area contributed by atoms with E-state index in [-0.39, 0.29) is 23.4 Å². The third kappa shape index (κ3) is 4.56. The van der Waals surface area contributed by atoms with Crippen LogP contribution < -0.4 is 0 Å². The van der Waals surface area contributed by atoms with Crippen molar-refractivity contribution < 1.29 is 12.8 Å². The van der Waals surface area contributed by atoms with Gasteiger partial charge in [0.15, 0.2) is 11.5 Å². The Labute approximate surface area is 204 Å². The zero-order chi connectivity index (χ0) is 24.9.